The average molecular weight is 549 g/mol. The minimum absolute atomic E-state index is 0.0719. The second-order valence-corrected chi connectivity index (χ2v) is 13.0. The Kier molecular flexibility index (Phi) is 8.86. The summed E-state index contributed by atoms with van der Waals surface area (Å²) in [6, 6.07) is 9.80. The first kappa shape index (κ1) is 29.6. The van der Waals surface area contributed by atoms with E-state index in [0.29, 0.717) is 24.2 Å². The van der Waals surface area contributed by atoms with Gasteiger partial charge in [-0.15, -0.1) is 0 Å². The van der Waals surface area contributed by atoms with Gasteiger partial charge in [-0.3, -0.25) is 24.4 Å². The van der Waals surface area contributed by atoms with Gasteiger partial charge in [0.15, 0.2) is 0 Å². The summed E-state index contributed by atoms with van der Waals surface area (Å²) in [6.07, 6.45) is 8.44. The molecule has 2 fully saturated rings. The van der Waals surface area contributed by atoms with Crippen LogP contribution >= 0.6 is 0 Å². The molecule has 0 bridgehead atoms. The lowest BCUT2D eigenvalue weighted by Crippen LogP contribution is -2.61. The van der Waals surface area contributed by atoms with Gasteiger partial charge in [-0.25, -0.2) is 4.79 Å². The predicted octanol–water partition coefficient (Wildman–Crippen LogP) is 5.91. The van der Waals surface area contributed by atoms with Crippen molar-refractivity contribution in [1.29, 1.82) is 0 Å². The number of nitrogens with one attached hydrogen (secondary N) is 1. The number of nitrogens with zero attached hydrogens (tertiary/aromatic N) is 3. The van der Waals surface area contributed by atoms with E-state index in [-0.39, 0.29) is 23.3 Å². The molecule has 4 rings (SSSR count). The van der Waals surface area contributed by atoms with E-state index in [1.54, 1.807) is 44.1 Å². The van der Waals surface area contributed by atoms with Crippen LogP contribution < -0.4 is 10.2 Å². The van der Waals surface area contributed by atoms with Gasteiger partial charge < -0.3 is 10.1 Å². The fourth-order valence-electron chi connectivity index (χ4n) is 5.35. The largest absolute Gasteiger partial charge is 0.444 e. The van der Waals surface area contributed by atoms with Gasteiger partial charge in [0.25, 0.3) is 5.91 Å². The SMILES string of the molecule is CC(C)(C)OC(=O)N1CCC1C(=O)N(c1ccc(C(C)(C)C)cc1)C(C(=O)NC1CCCCC1)c1cccnc1. The third-order valence-electron chi connectivity index (χ3n) is 7.64. The fourth-order valence-corrected chi connectivity index (χ4v) is 5.35. The highest BCUT2D eigenvalue weighted by atomic mass is 16.6. The number of rotatable bonds is 6. The summed E-state index contributed by atoms with van der Waals surface area (Å²) < 4.78 is 5.58. The van der Waals surface area contributed by atoms with Gasteiger partial charge in [0, 0.05) is 36.2 Å². The monoisotopic (exact) mass is 548 g/mol. The van der Waals surface area contributed by atoms with E-state index in [1.807, 2.05) is 30.3 Å². The number of ether oxygens (including phenoxy) is 1. The lowest BCUT2D eigenvalue weighted by Gasteiger charge is -2.44. The maximum atomic E-state index is 14.4. The first-order chi connectivity index (χ1) is 18.8. The highest BCUT2D eigenvalue weighted by Crippen LogP contribution is 2.34. The highest BCUT2D eigenvalue weighted by Gasteiger charge is 2.45. The summed E-state index contributed by atoms with van der Waals surface area (Å²) in [5, 5.41) is 3.23. The molecule has 1 aliphatic heterocycles. The third kappa shape index (κ3) is 7.01. The number of hydrogen-bond acceptors (Lipinski definition) is 5. The van der Waals surface area contributed by atoms with Crippen molar-refractivity contribution >= 4 is 23.6 Å². The molecule has 2 atom stereocenters. The summed E-state index contributed by atoms with van der Waals surface area (Å²) in [6.45, 7) is 12.2. The number of carbonyl (C=O) groups excluding carboxylic acids is 3. The number of amides is 3. The molecule has 2 aliphatic rings. The standard InChI is InChI=1S/C32H44N4O4/c1-31(2,3)23-14-16-25(17-15-23)36(29(38)26-18-20-35(26)30(39)40-32(4,5)6)27(22-11-10-19-33-21-22)28(37)34-24-12-8-7-9-13-24/h10-11,14-17,19,21,24,26-27H,7-9,12-13,18,20H2,1-6H3,(H,34,37). The zero-order valence-corrected chi connectivity index (χ0v) is 24.8. The number of hydrogen-bond donors (Lipinski definition) is 1. The molecule has 2 heterocycles. The van der Waals surface area contributed by atoms with Crippen LogP contribution in [0.25, 0.3) is 0 Å². The number of pyridine rings is 1. The minimum Gasteiger partial charge on any atom is -0.444 e. The first-order valence-corrected chi connectivity index (χ1v) is 14.5. The van der Waals surface area contributed by atoms with E-state index in [2.05, 4.69) is 31.1 Å². The van der Waals surface area contributed by atoms with Gasteiger partial charge >= 0.3 is 6.09 Å². The number of anilines is 1. The molecule has 2 aromatic rings. The Hall–Kier alpha value is -3.42. The van der Waals surface area contributed by atoms with Gasteiger partial charge in [-0.05, 0) is 69.2 Å². The molecule has 8 nitrogen and oxygen atoms in total. The molecule has 1 aromatic carbocycles. The second kappa shape index (κ2) is 12.0. The Morgan fingerprint density at radius 1 is 0.975 bits per heavy atom. The molecule has 1 saturated heterocycles. The molecular formula is C32H44N4O4. The van der Waals surface area contributed by atoms with Crippen LogP contribution in [0.3, 0.4) is 0 Å². The first-order valence-electron chi connectivity index (χ1n) is 14.5. The molecule has 1 aliphatic carbocycles. The Labute approximate surface area is 238 Å². The van der Waals surface area contributed by atoms with Crippen molar-refractivity contribution in [3.63, 3.8) is 0 Å². The van der Waals surface area contributed by atoms with Crippen LogP contribution in [0.5, 0.6) is 0 Å². The van der Waals surface area contributed by atoms with E-state index in [4.69, 9.17) is 4.74 Å². The number of likely N-dealkylation sites (tertiary alicyclic amines) is 1. The number of benzene rings is 1. The average Bonchev–Trinajstić information content (AvgIpc) is 2.86. The lowest BCUT2D eigenvalue weighted by atomic mass is 9.87. The van der Waals surface area contributed by atoms with Gasteiger partial charge in [0.1, 0.15) is 17.7 Å². The predicted molar refractivity (Wildman–Crippen MR) is 156 cm³/mol. The molecule has 40 heavy (non-hydrogen) atoms. The Morgan fingerprint density at radius 2 is 1.65 bits per heavy atom. The molecule has 0 radical (unpaired) electrons. The molecule has 0 spiro atoms. The fraction of sp³-hybridized carbons (Fsp3) is 0.562. The van der Waals surface area contributed by atoms with Crippen LogP contribution in [0.2, 0.25) is 0 Å². The van der Waals surface area contributed by atoms with Crippen LogP contribution in [0.4, 0.5) is 10.5 Å². The lowest BCUT2D eigenvalue weighted by molar-refractivity contribution is -0.132. The van der Waals surface area contributed by atoms with Crippen LogP contribution in [0.15, 0.2) is 48.8 Å². The molecule has 8 heteroatoms. The number of carbonyl (C=O) groups is 3. The van der Waals surface area contributed by atoms with E-state index in [9.17, 15) is 14.4 Å². The molecule has 2 unspecified atom stereocenters. The van der Waals surface area contributed by atoms with Crippen molar-refractivity contribution < 1.29 is 19.1 Å². The van der Waals surface area contributed by atoms with Crippen LogP contribution in [-0.4, -0.2) is 52.0 Å². The Balaban J connectivity index is 1.74. The van der Waals surface area contributed by atoms with E-state index >= 15 is 0 Å². The molecular weight excluding hydrogens is 504 g/mol. The topological polar surface area (TPSA) is 91.8 Å². The van der Waals surface area contributed by atoms with Gasteiger partial charge in [-0.2, -0.15) is 0 Å². The molecule has 1 saturated carbocycles. The molecule has 216 valence electrons. The third-order valence-corrected chi connectivity index (χ3v) is 7.64. The van der Waals surface area contributed by atoms with Gasteiger partial charge in [0.2, 0.25) is 5.91 Å². The van der Waals surface area contributed by atoms with Gasteiger partial charge in [-0.1, -0.05) is 58.2 Å². The van der Waals surface area contributed by atoms with Crippen molar-refractivity contribution in [1.82, 2.24) is 15.2 Å². The maximum absolute atomic E-state index is 14.4. The van der Waals surface area contributed by atoms with Crippen molar-refractivity contribution in [2.75, 3.05) is 11.4 Å². The van der Waals surface area contributed by atoms with Crippen LogP contribution in [0, 0.1) is 0 Å². The summed E-state index contributed by atoms with van der Waals surface area (Å²) in [5.41, 5.74) is 1.58. The Bertz CT molecular complexity index is 1180. The van der Waals surface area contributed by atoms with E-state index < -0.39 is 23.8 Å². The smallest absolute Gasteiger partial charge is 0.410 e. The molecule has 3 amide bonds. The van der Waals surface area contributed by atoms with Crippen molar-refractivity contribution in [2.45, 2.75) is 109 Å². The van der Waals surface area contributed by atoms with E-state index in [0.717, 1.165) is 31.2 Å². The zero-order valence-electron chi connectivity index (χ0n) is 24.8. The van der Waals surface area contributed by atoms with Crippen molar-refractivity contribution in [3.8, 4) is 0 Å². The summed E-state index contributed by atoms with van der Waals surface area (Å²) >= 11 is 0. The van der Waals surface area contributed by atoms with Crippen molar-refractivity contribution in [3.05, 3.63) is 59.9 Å². The minimum atomic E-state index is -0.940. The quantitative estimate of drug-likeness (QED) is 0.484. The van der Waals surface area contributed by atoms with E-state index in [1.165, 1.54) is 11.3 Å². The maximum Gasteiger partial charge on any atom is 0.410 e. The summed E-state index contributed by atoms with van der Waals surface area (Å²) in [5.74, 6) is -0.551. The zero-order chi connectivity index (χ0) is 29.1. The van der Waals surface area contributed by atoms with Crippen molar-refractivity contribution in [2.24, 2.45) is 0 Å². The summed E-state index contributed by atoms with van der Waals surface area (Å²) in [7, 11) is 0. The van der Waals surface area contributed by atoms with Gasteiger partial charge in [0.05, 0.1) is 0 Å². The molecule has 1 N–H and O–H groups in total. The normalized spacial score (nSPS) is 18.9. The summed E-state index contributed by atoms with van der Waals surface area (Å²) in [4.78, 5) is 48.7. The molecule has 1 aromatic heterocycles. The highest BCUT2D eigenvalue weighted by molar-refractivity contribution is 6.05. The van der Waals surface area contributed by atoms with Crippen LogP contribution in [0.1, 0.15) is 97.2 Å². The second-order valence-electron chi connectivity index (χ2n) is 13.0. The van der Waals surface area contributed by atoms with Crippen LogP contribution in [-0.2, 0) is 19.7 Å². The number of aromatic nitrogens is 1. The Morgan fingerprint density at radius 3 is 2.17 bits per heavy atom.